The van der Waals surface area contributed by atoms with Crippen molar-refractivity contribution in [3.63, 3.8) is 0 Å². The first kappa shape index (κ1) is 111. The molecule has 1 aromatic carbocycles. The number of rotatable bonds is 19. The van der Waals surface area contributed by atoms with Crippen LogP contribution in [0.1, 0.15) is 405 Å². The lowest BCUT2D eigenvalue weighted by molar-refractivity contribution is 0.0996. The minimum Gasteiger partial charge on any atom is -0.390 e. The highest BCUT2D eigenvalue weighted by molar-refractivity contribution is 8.15. The summed E-state index contributed by atoms with van der Waals surface area (Å²) in [6.45, 7) is 79.5. The van der Waals surface area contributed by atoms with E-state index in [0.29, 0.717) is 69.6 Å². The second kappa shape index (κ2) is 56.1. The van der Waals surface area contributed by atoms with Gasteiger partial charge < -0.3 is 9.95 Å². The van der Waals surface area contributed by atoms with Crippen LogP contribution in [0.4, 0.5) is 4.39 Å². The van der Waals surface area contributed by atoms with Crippen molar-refractivity contribution in [2.45, 2.75) is 424 Å². The third-order valence-electron chi connectivity index (χ3n) is 26.7. The fraction of sp³-hybridized carbons (Fsp3) is 0.867. The van der Waals surface area contributed by atoms with Crippen molar-refractivity contribution < 1.29 is 17.9 Å². The summed E-state index contributed by atoms with van der Waals surface area (Å²) >= 11 is 0. The molecule has 1 N–H and O–H groups in total. The zero-order chi connectivity index (χ0) is 88.6. The third kappa shape index (κ3) is 53.3. The summed E-state index contributed by atoms with van der Waals surface area (Å²) in [5.41, 5.74) is 2.30. The molecule has 2 saturated heterocycles. The number of alkyl halides is 1. The summed E-state index contributed by atoms with van der Waals surface area (Å²) in [6.07, 6.45) is 41.9. The third-order valence-corrected chi connectivity index (χ3v) is 30.4. The van der Waals surface area contributed by atoms with E-state index in [9.17, 15) is 17.9 Å². The van der Waals surface area contributed by atoms with Gasteiger partial charge in [0.05, 0.1) is 22.8 Å². The number of benzene rings is 1. The molecule has 3 aromatic rings. The maximum absolute atomic E-state index is 12.7. The van der Waals surface area contributed by atoms with Gasteiger partial charge in [0.2, 0.25) is 5.54 Å². The number of nitrogens with zero attached hydrogens (tertiary/aromatic N) is 5. The molecule has 2 aliphatic heterocycles. The van der Waals surface area contributed by atoms with Gasteiger partial charge in [0.15, 0.2) is 9.84 Å². The number of aliphatic hydroxyl groups is 1. The Bertz CT molecular complexity index is 3000. The van der Waals surface area contributed by atoms with E-state index in [4.69, 9.17) is 6.57 Å². The number of hydrogen-bond donors (Lipinski definition) is 1. The van der Waals surface area contributed by atoms with E-state index in [1.165, 1.54) is 152 Å². The average molecular weight is 1660 g/mol. The molecule has 12 aliphatic rings. The molecule has 2 atom stereocenters. The van der Waals surface area contributed by atoms with Gasteiger partial charge in [-0.1, -0.05) is 307 Å². The van der Waals surface area contributed by atoms with Crippen LogP contribution in [0.25, 0.3) is 4.85 Å². The van der Waals surface area contributed by atoms with Crippen LogP contribution in [0, 0.1) is 149 Å². The molecule has 10 aliphatic carbocycles. The Balaban J connectivity index is 0.000000622. The van der Waals surface area contributed by atoms with Gasteiger partial charge in [-0.2, -0.15) is 20.7 Å². The van der Waals surface area contributed by atoms with Gasteiger partial charge in [-0.3, -0.25) is 9.36 Å². The normalized spacial score (nSPS) is 22.8. The van der Waals surface area contributed by atoms with Crippen molar-refractivity contribution in [2.75, 3.05) is 23.0 Å². The zero-order valence-corrected chi connectivity index (χ0v) is 84.4. The van der Waals surface area contributed by atoms with Gasteiger partial charge >= 0.3 is 0 Å². The van der Waals surface area contributed by atoms with E-state index >= 15 is 0 Å². The van der Waals surface area contributed by atoms with E-state index < -0.39 is 15.5 Å². The zero-order valence-electron chi connectivity index (χ0n) is 82.7. The van der Waals surface area contributed by atoms with Crippen LogP contribution < -0.4 is 0 Å². The van der Waals surface area contributed by atoms with E-state index in [1.54, 1.807) is 13.1 Å². The van der Waals surface area contributed by atoms with Crippen LogP contribution in [0.2, 0.25) is 0 Å². The van der Waals surface area contributed by atoms with Crippen LogP contribution in [0.15, 0.2) is 61.1 Å². The minimum atomic E-state index is -2.58. The summed E-state index contributed by atoms with van der Waals surface area (Å²) in [5.74, 6) is 26.4. The number of hydrogen-bond acceptors (Lipinski definition) is 5. The van der Waals surface area contributed by atoms with Crippen molar-refractivity contribution in [1.82, 2.24) is 19.6 Å². The Kier molecular flexibility index (Phi) is 53.8. The molecule has 0 bridgehead atoms. The first-order valence-corrected chi connectivity index (χ1v) is 51.9. The second-order valence-electron chi connectivity index (χ2n) is 44.0. The maximum atomic E-state index is 12.7. The molecule has 12 fully saturated rings. The van der Waals surface area contributed by atoms with Crippen LogP contribution in [-0.4, -0.2) is 78.8 Å². The van der Waals surface area contributed by atoms with Crippen molar-refractivity contribution in [3.8, 4) is 0 Å². The molecule has 15 rings (SSSR count). The molecule has 2 unspecified atom stereocenters. The van der Waals surface area contributed by atoms with Gasteiger partial charge in [0.1, 0.15) is 5.67 Å². The highest BCUT2D eigenvalue weighted by atomic mass is 32.2. The second-order valence-corrected chi connectivity index (χ2v) is 48.1. The molecule has 0 radical (unpaired) electrons. The van der Waals surface area contributed by atoms with Crippen LogP contribution in [-0.2, 0) is 16.3 Å². The SMILES string of the molecule is C=S1CC(C(C)C)C1.CC(C)C1(C)CC1.CC(C)C1(O)CC1.CC(C)C1CC1.CC(C)C1CC1(C)F.CC(C)C1CCC1.CC(C)C1CCC1.CC(C)C1CS(=O)(=O)C1.CC(C)CC1CC1.CC(C)CC1CC1.CC(C)CC1CCC1.CC(C)Cc1ccccc1.CC(C)n1cccn1.Cc1ccn(C(C)C)n1.[C-]#[N+]C1(C(C)C)CC1. The number of halogens is 1. The number of sulfone groups is 1. The Morgan fingerprint density at radius 2 is 0.888 bits per heavy atom. The Labute approximate surface area is 725 Å². The minimum absolute atomic E-state index is 0.0833. The molecule has 10 saturated carbocycles. The monoisotopic (exact) mass is 1660 g/mol. The summed E-state index contributed by atoms with van der Waals surface area (Å²) in [7, 11) is -2.02. The van der Waals surface area contributed by atoms with E-state index in [-0.39, 0.29) is 11.1 Å². The molecule has 678 valence electrons. The number of aryl methyl sites for hydroxylation is 1. The van der Waals surface area contributed by atoms with E-state index in [0.717, 1.165) is 138 Å². The smallest absolute Gasteiger partial charge is 0.235 e. The fourth-order valence-corrected chi connectivity index (χ4v) is 18.3. The molecule has 2 aromatic heterocycles. The fourth-order valence-electron chi connectivity index (χ4n) is 14.5. The Hall–Kier alpha value is -2.81. The lowest BCUT2D eigenvalue weighted by atomic mass is 9.78. The largest absolute Gasteiger partial charge is 0.390 e. The Morgan fingerprint density at radius 1 is 0.491 bits per heavy atom. The topological polar surface area (TPSA) is 94.4 Å². The summed E-state index contributed by atoms with van der Waals surface area (Å²) in [6, 6.07) is 15.5. The van der Waals surface area contributed by atoms with Crippen LogP contribution in [0.5, 0.6) is 0 Å². The predicted octanol–water partition coefficient (Wildman–Crippen LogP) is 31.5. The van der Waals surface area contributed by atoms with Crippen molar-refractivity contribution >= 4 is 26.2 Å². The van der Waals surface area contributed by atoms with Crippen LogP contribution in [0.3, 0.4) is 0 Å². The molecule has 4 heterocycles. The average Bonchev–Trinajstić information content (AvgIpc) is 1.55. The predicted molar refractivity (Wildman–Crippen MR) is 515 cm³/mol. The van der Waals surface area contributed by atoms with Gasteiger partial charge in [-0.05, 0) is 271 Å². The quantitative estimate of drug-likeness (QED) is 0.0953. The van der Waals surface area contributed by atoms with Crippen molar-refractivity contribution in [3.05, 3.63) is 83.7 Å². The molecule has 0 amide bonds. The lowest BCUT2D eigenvalue weighted by Gasteiger charge is -2.32. The molecule has 11 heteroatoms. The first-order valence-electron chi connectivity index (χ1n) is 48.4. The lowest BCUT2D eigenvalue weighted by Crippen LogP contribution is -2.39. The van der Waals surface area contributed by atoms with E-state index in [1.807, 2.05) is 40.8 Å². The highest BCUT2D eigenvalue weighted by Gasteiger charge is 2.54. The molecule has 116 heavy (non-hydrogen) atoms. The summed E-state index contributed by atoms with van der Waals surface area (Å²) in [4.78, 5) is 3.58. The first-order chi connectivity index (χ1) is 53.8. The molecular weight excluding hydrogens is 1460 g/mol. The maximum Gasteiger partial charge on any atom is 0.235 e. The molecule has 0 spiro atoms. The molecule has 8 nitrogen and oxygen atoms in total. The highest BCUT2D eigenvalue weighted by Crippen LogP contribution is 2.52. The van der Waals surface area contributed by atoms with Crippen molar-refractivity contribution in [1.29, 1.82) is 0 Å². The van der Waals surface area contributed by atoms with Gasteiger partial charge in [0, 0.05) is 49.4 Å². The summed E-state index contributed by atoms with van der Waals surface area (Å²) < 4.78 is 37.8. The van der Waals surface area contributed by atoms with E-state index in [2.05, 4.69) is 266 Å². The standard InChI is InChI=1S/C10H14.C8H16.C7H13F.C7H12N2.C7H11N.C7H14S.5C7H14.C6H10N2.C6H12O2S.C6H12O.C6H12/c1-9(2)8-10-6-4-3-5-7-10;1-7(2)6-8-4-3-5-8;1-5(2)6-4-7(6,3)8;1-6(2)9-5-4-7(3)8-9;1-6(2)7(8-3)4-5-7;1-6(2)7-4-8(3)5-7;1-6(2)7(3)4-5-7;2*1-6(2)5-7-3-4-7;2*1-6(2)7-4-3-5-7;1-6(2)8-5-3-4-7-8;1-5(2)6-3-9(7,8)4-6;1-5(2)6(7)3-4-6;1-5(2)6-3-4-6/h3-7,9H,8H2,1-2H3;7-8H,3-6H2,1-2H3;5-6H,4H2,1-3H3;4-6H,1-3H3;6H,4-5H2,1-2H3;6-7H,3-5H2,1-2H3;6H,4-5H2,1-3H3;4*6-7H,3-5H2,1-2H3;3-6H,1-2H3;5-6H,3-4H2,1-2H3;5,7H,3-4H2,1-2H3;5-6H,3-4H2,1-2H3. The number of aromatic nitrogens is 4. The van der Waals surface area contributed by atoms with Crippen molar-refractivity contribution in [2.24, 2.45) is 136 Å². The molecular formula is C105H196FN5O3S2. The summed E-state index contributed by atoms with van der Waals surface area (Å²) in [5, 5.41) is 17.5. The van der Waals surface area contributed by atoms with Gasteiger partial charge in [-0.15, -0.1) is 0 Å². The van der Waals surface area contributed by atoms with Crippen LogP contribution >= 0.6 is 10.5 Å². The Morgan fingerprint density at radius 3 is 1.00 bits per heavy atom. The van der Waals surface area contributed by atoms with Gasteiger partial charge in [-0.25, -0.2) is 19.4 Å². The van der Waals surface area contributed by atoms with Gasteiger partial charge in [0.25, 0.3) is 0 Å².